The van der Waals surface area contributed by atoms with Gasteiger partial charge in [0.15, 0.2) is 0 Å². The minimum absolute atomic E-state index is 0. The van der Waals surface area contributed by atoms with Gasteiger partial charge >= 0.3 is 0 Å². The molecule has 1 N–H and O–H groups in total. The van der Waals surface area contributed by atoms with Crippen LogP contribution in [0.4, 0.5) is 0 Å². The van der Waals surface area contributed by atoms with Crippen molar-refractivity contribution in [3.05, 3.63) is 18.2 Å². The maximum absolute atomic E-state index is 5.43. The second-order valence-electron chi connectivity index (χ2n) is 3.15. The van der Waals surface area contributed by atoms with E-state index in [1.54, 1.807) is 0 Å². The first-order chi connectivity index (χ1) is 6.47. The Morgan fingerprint density at radius 1 is 1.27 bits per heavy atom. The molecule has 0 saturated heterocycles. The largest absolute Gasteiger partial charge is 0.378 e. The third kappa shape index (κ3) is 4.38. The third-order valence-corrected chi connectivity index (χ3v) is 2.23. The molecule has 0 fully saturated rings. The van der Waals surface area contributed by atoms with Gasteiger partial charge in [-0.15, -0.1) is 24.8 Å². The number of nitrogens with one attached hydrogen (secondary N) is 1. The monoisotopic (exact) mass is 253 g/mol. The number of fused-ring (bicyclic) bond motifs is 1. The van der Waals surface area contributed by atoms with Crippen molar-refractivity contribution in [1.29, 1.82) is 0 Å². The molecule has 1 aromatic heterocycles. The van der Waals surface area contributed by atoms with Gasteiger partial charge in [-0.25, -0.2) is 4.98 Å². The lowest BCUT2D eigenvalue weighted by Crippen LogP contribution is -2.25. The molecule has 1 aromatic rings. The van der Waals surface area contributed by atoms with Crippen LogP contribution in [0.3, 0.4) is 0 Å². The molecule has 0 aromatic carbocycles. The summed E-state index contributed by atoms with van der Waals surface area (Å²) in [7, 11) is 0. The molecule has 0 spiro atoms. The molecule has 15 heavy (non-hydrogen) atoms. The molecule has 0 atom stereocenters. The Hall–Kier alpha value is -0.290. The predicted molar refractivity (Wildman–Crippen MR) is 64.1 cm³/mol. The molecule has 1 aliphatic heterocycles. The van der Waals surface area contributed by atoms with Crippen LogP contribution >= 0.6 is 24.8 Å². The van der Waals surface area contributed by atoms with Gasteiger partial charge in [-0.1, -0.05) is 0 Å². The smallest absolute Gasteiger partial charge is 0.109 e. The Labute approximate surface area is 102 Å². The lowest BCUT2D eigenvalue weighted by molar-refractivity contribution is 0.125. The fourth-order valence-electron chi connectivity index (χ4n) is 1.51. The minimum Gasteiger partial charge on any atom is -0.378 e. The van der Waals surface area contributed by atoms with Gasteiger partial charge in [0.25, 0.3) is 0 Å². The van der Waals surface area contributed by atoms with Crippen LogP contribution in [0.2, 0.25) is 0 Å². The topological polar surface area (TPSA) is 39.1 Å². The zero-order valence-corrected chi connectivity index (χ0v) is 10.1. The SMILES string of the molecule is Cl.Cl.c1cn2c(n1)CCNCCOCC2. The van der Waals surface area contributed by atoms with Gasteiger partial charge in [-0.3, -0.25) is 0 Å². The molecule has 88 valence electrons. The zero-order chi connectivity index (χ0) is 8.93. The van der Waals surface area contributed by atoms with Gasteiger partial charge < -0.3 is 14.6 Å². The summed E-state index contributed by atoms with van der Waals surface area (Å²) in [5.41, 5.74) is 0. The number of rotatable bonds is 0. The summed E-state index contributed by atoms with van der Waals surface area (Å²) in [6.07, 6.45) is 4.88. The Morgan fingerprint density at radius 3 is 3.00 bits per heavy atom. The summed E-state index contributed by atoms with van der Waals surface area (Å²) in [6, 6.07) is 0. The molecule has 0 radical (unpaired) electrons. The number of hydrogen-bond donors (Lipinski definition) is 1. The molecular weight excluding hydrogens is 237 g/mol. The second kappa shape index (κ2) is 7.93. The molecule has 0 unspecified atom stereocenters. The molecule has 0 aliphatic carbocycles. The number of imidazole rings is 1. The van der Waals surface area contributed by atoms with Crippen molar-refractivity contribution in [1.82, 2.24) is 14.9 Å². The zero-order valence-electron chi connectivity index (χ0n) is 8.52. The van der Waals surface area contributed by atoms with E-state index in [4.69, 9.17) is 4.74 Å². The highest BCUT2D eigenvalue weighted by Gasteiger charge is 2.03. The summed E-state index contributed by atoms with van der Waals surface area (Å²) in [6.45, 7) is 4.45. The van der Waals surface area contributed by atoms with Crippen molar-refractivity contribution >= 4 is 24.8 Å². The Balaban J connectivity index is 0.000000980. The fraction of sp³-hybridized carbons (Fsp3) is 0.667. The first kappa shape index (κ1) is 14.7. The Kier molecular flexibility index (Phi) is 7.78. The van der Waals surface area contributed by atoms with E-state index < -0.39 is 0 Å². The van der Waals surface area contributed by atoms with Crippen LogP contribution in [0.15, 0.2) is 12.4 Å². The van der Waals surface area contributed by atoms with E-state index in [1.807, 2.05) is 12.4 Å². The summed E-state index contributed by atoms with van der Waals surface area (Å²) in [5.74, 6) is 1.15. The fourth-order valence-corrected chi connectivity index (χ4v) is 1.51. The maximum Gasteiger partial charge on any atom is 0.109 e. The van der Waals surface area contributed by atoms with Crippen LogP contribution in [0, 0.1) is 0 Å². The number of hydrogen-bond acceptors (Lipinski definition) is 3. The van der Waals surface area contributed by atoms with Gasteiger partial charge in [-0.2, -0.15) is 0 Å². The summed E-state index contributed by atoms with van der Waals surface area (Å²) in [4.78, 5) is 4.30. The summed E-state index contributed by atoms with van der Waals surface area (Å²) in [5, 5.41) is 3.31. The molecule has 4 nitrogen and oxygen atoms in total. The van der Waals surface area contributed by atoms with Crippen LogP contribution in [0.25, 0.3) is 0 Å². The van der Waals surface area contributed by atoms with Crippen LogP contribution in [0.5, 0.6) is 0 Å². The van der Waals surface area contributed by atoms with Gasteiger partial charge in [0.1, 0.15) is 5.82 Å². The van der Waals surface area contributed by atoms with E-state index in [0.717, 1.165) is 45.1 Å². The van der Waals surface area contributed by atoms with E-state index >= 15 is 0 Å². The van der Waals surface area contributed by atoms with Crippen molar-refractivity contribution in [3.8, 4) is 0 Å². The van der Waals surface area contributed by atoms with Crippen LogP contribution in [-0.4, -0.2) is 35.9 Å². The van der Waals surface area contributed by atoms with E-state index in [9.17, 15) is 0 Å². The number of nitrogens with zero attached hydrogens (tertiary/aromatic N) is 2. The molecule has 0 amide bonds. The molecule has 0 bridgehead atoms. The van der Waals surface area contributed by atoms with Crippen molar-refractivity contribution in [2.75, 3.05) is 26.3 Å². The second-order valence-corrected chi connectivity index (χ2v) is 3.15. The quantitative estimate of drug-likeness (QED) is 0.747. The average Bonchev–Trinajstić information content (AvgIpc) is 2.59. The normalized spacial score (nSPS) is 16.8. The van der Waals surface area contributed by atoms with Gasteiger partial charge in [0.05, 0.1) is 13.2 Å². The lowest BCUT2D eigenvalue weighted by atomic mass is 10.4. The van der Waals surface area contributed by atoms with Crippen molar-refractivity contribution in [3.63, 3.8) is 0 Å². The van der Waals surface area contributed by atoms with Gasteiger partial charge in [-0.05, 0) is 0 Å². The van der Waals surface area contributed by atoms with Crippen LogP contribution in [-0.2, 0) is 17.7 Å². The maximum atomic E-state index is 5.43. The molecule has 1 aliphatic rings. The number of halogens is 2. The van der Waals surface area contributed by atoms with Gasteiger partial charge in [0, 0.05) is 38.4 Å². The molecule has 2 heterocycles. The van der Waals surface area contributed by atoms with Crippen LogP contribution < -0.4 is 5.32 Å². The molecule has 6 heteroatoms. The van der Waals surface area contributed by atoms with E-state index in [2.05, 4.69) is 14.9 Å². The highest BCUT2D eigenvalue weighted by molar-refractivity contribution is 5.85. The number of aromatic nitrogens is 2. The van der Waals surface area contributed by atoms with E-state index in [-0.39, 0.29) is 24.8 Å². The van der Waals surface area contributed by atoms with Crippen LogP contribution in [0.1, 0.15) is 5.82 Å². The summed E-state index contributed by atoms with van der Waals surface area (Å²) < 4.78 is 7.58. The predicted octanol–water partition coefficient (Wildman–Crippen LogP) is 0.889. The highest BCUT2D eigenvalue weighted by atomic mass is 35.5. The molecule has 2 rings (SSSR count). The van der Waals surface area contributed by atoms with E-state index in [1.165, 1.54) is 0 Å². The average molecular weight is 254 g/mol. The van der Waals surface area contributed by atoms with Crippen molar-refractivity contribution in [2.24, 2.45) is 0 Å². The third-order valence-electron chi connectivity index (χ3n) is 2.23. The first-order valence-electron chi connectivity index (χ1n) is 4.75. The van der Waals surface area contributed by atoms with Crippen molar-refractivity contribution < 1.29 is 4.74 Å². The lowest BCUT2D eigenvalue weighted by Gasteiger charge is -2.12. The Morgan fingerprint density at radius 2 is 2.13 bits per heavy atom. The summed E-state index contributed by atoms with van der Waals surface area (Å²) >= 11 is 0. The standard InChI is InChI=1S/C9H15N3O.2ClH/c1-2-10-4-7-13-8-6-12-5-3-11-9(1)12;;/h3,5,10H,1-2,4,6-8H2;2*1H. The van der Waals surface area contributed by atoms with Gasteiger partial charge in [0.2, 0.25) is 0 Å². The van der Waals surface area contributed by atoms with E-state index in [0.29, 0.717) is 0 Å². The van der Waals surface area contributed by atoms with Crippen molar-refractivity contribution in [2.45, 2.75) is 13.0 Å². The Bertz CT molecular complexity index is 243. The first-order valence-corrected chi connectivity index (χ1v) is 4.75. The number of ether oxygens (including phenoxy) is 1. The minimum atomic E-state index is 0. The highest BCUT2D eigenvalue weighted by Crippen LogP contribution is 1.99. The molecular formula is C9H17Cl2N3O. The molecule has 0 saturated carbocycles.